The smallest absolute Gasteiger partial charge is 0.333 e. The summed E-state index contributed by atoms with van der Waals surface area (Å²) in [5.41, 5.74) is 1.68. The maximum atomic E-state index is 13.0. The largest absolute Gasteiger partial charge is 0.478 e. The van der Waals surface area contributed by atoms with Gasteiger partial charge >= 0.3 is 5.97 Å². The highest BCUT2D eigenvalue weighted by atomic mass is 32.2. The van der Waals surface area contributed by atoms with Crippen molar-refractivity contribution in [2.45, 2.75) is 17.9 Å². The molecule has 0 radical (unpaired) electrons. The second-order valence-corrected chi connectivity index (χ2v) is 7.56. The molecule has 1 atom stereocenters. The zero-order valence-corrected chi connectivity index (χ0v) is 13.9. The van der Waals surface area contributed by atoms with Crippen molar-refractivity contribution in [3.05, 3.63) is 77.4 Å². The van der Waals surface area contributed by atoms with E-state index in [-0.39, 0.29) is 17.0 Å². The zero-order valence-electron chi connectivity index (χ0n) is 13.1. The number of sulfonamides is 1. The van der Waals surface area contributed by atoms with E-state index in [2.05, 4.69) is 0 Å². The minimum absolute atomic E-state index is 0.0391. The first kappa shape index (κ1) is 16.4. The van der Waals surface area contributed by atoms with E-state index in [4.69, 9.17) is 0 Å². The number of carboxylic acids is 1. The molecule has 1 N–H and O–H groups in total. The summed E-state index contributed by atoms with van der Waals surface area (Å²) < 4.78 is 27.2. The summed E-state index contributed by atoms with van der Waals surface area (Å²) >= 11 is 0. The van der Waals surface area contributed by atoms with Gasteiger partial charge in [-0.05, 0) is 24.6 Å². The summed E-state index contributed by atoms with van der Waals surface area (Å²) in [7, 11) is -3.80. The number of hydrogen-bond donors (Lipinski definition) is 1. The van der Waals surface area contributed by atoms with Crippen molar-refractivity contribution < 1.29 is 18.3 Å². The first-order valence-corrected chi connectivity index (χ1v) is 8.92. The number of aliphatic carboxylic acids is 1. The number of aryl methyl sites for hydroxylation is 1. The molecule has 0 aromatic heterocycles. The van der Waals surface area contributed by atoms with Crippen molar-refractivity contribution in [3.8, 4) is 0 Å². The fourth-order valence-electron chi connectivity index (χ4n) is 2.83. The highest BCUT2D eigenvalue weighted by molar-refractivity contribution is 7.89. The molecule has 1 aliphatic rings. The number of carbonyl (C=O) groups is 1. The Labute approximate surface area is 140 Å². The zero-order chi connectivity index (χ0) is 17.3. The van der Waals surface area contributed by atoms with Gasteiger partial charge in [0.1, 0.15) is 0 Å². The molecule has 0 fully saturated rings. The Bertz CT molecular complexity index is 886. The summed E-state index contributed by atoms with van der Waals surface area (Å²) in [6.45, 7) is 1.92. The SMILES string of the molecule is Cc1ccc(S(=O)(=O)N2CC=C(C(=O)O)[C@H]2c2ccccc2)cc1. The van der Waals surface area contributed by atoms with Crippen LogP contribution in [-0.4, -0.2) is 30.3 Å². The third-order valence-corrected chi connectivity index (χ3v) is 5.91. The van der Waals surface area contributed by atoms with Gasteiger partial charge in [0.15, 0.2) is 0 Å². The number of benzene rings is 2. The van der Waals surface area contributed by atoms with Crippen molar-refractivity contribution in [1.29, 1.82) is 0 Å². The Kier molecular flexibility index (Phi) is 4.26. The van der Waals surface area contributed by atoms with Crippen molar-refractivity contribution in [2.24, 2.45) is 0 Å². The van der Waals surface area contributed by atoms with E-state index in [0.717, 1.165) is 5.56 Å². The maximum absolute atomic E-state index is 13.0. The molecule has 2 aromatic rings. The van der Waals surface area contributed by atoms with Crippen LogP contribution in [0.3, 0.4) is 0 Å². The molecular weight excluding hydrogens is 326 g/mol. The lowest BCUT2D eigenvalue weighted by Gasteiger charge is -2.26. The van der Waals surface area contributed by atoms with Gasteiger partial charge in [-0.3, -0.25) is 0 Å². The Morgan fingerprint density at radius 3 is 2.29 bits per heavy atom. The van der Waals surface area contributed by atoms with Gasteiger partial charge in [-0.25, -0.2) is 13.2 Å². The van der Waals surface area contributed by atoms with Gasteiger partial charge in [0, 0.05) is 6.54 Å². The maximum Gasteiger partial charge on any atom is 0.333 e. The minimum atomic E-state index is -3.80. The fourth-order valence-corrected chi connectivity index (χ4v) is 4.36. The van der Waals surface area contributed by atoms with Crippen molar-refractivity contribution in [2.75, 3.05) is 6.54 Å². The van der Waals surface area contributed by atoms with E-state index in [1.165, 1.54) is 10.4 Å². The Balaban J connectivity index is 2.06. The van der Waals surface area contributed by atoms with Gasteiger partial charge in [-0.15, -0.1) is 0 Å². The van der Waals surface area contributed by atoms with Crippen molar-refractivity contribution in [3.63, 3.8) is 0 Å². The number of nitrogens with zero attached hydrogens (tertiary/aromatic N) is 1. The van der Waals surface area contributed by atoms with Crippen molar-refractivity contribution in [1.82, 2.24) is 4.31 Å². The average Bonchev–Trinajstić information content (AvgIpc) is 3.02. The molecule has 0 unspecified atom stereocenters. The highest BCUT2D eigenvalue weighted by Crippen LogP contribution is 2.37. The topological polar surface area (TPSA) is 74.7 Å². The molecule has 1 aliphatic heterocycles. The van der Waals surface area contributed by atoms with Crippen molar-refractivity contribution >= 4 is 16.0 Å². The van der Waals surface area contributed by atoms with Crippen LogP contribution in [-0.2, 0) is 14.8 Å². The number of rotatable bonds is 4. The van der Waals surface area contributed by atoms with Crippen LogP contribution >= 0.6 is 0 Å². The molecule has 2 aromatic carbocycles. The van der Waals surface area contributed by atoms with Gasteiger partial charge in [0.2, 0.25) is 10.0 Å². The van der Waals surface area contributed by atoms with Gasteiger partial charge in [-0.2, -0.15) is 4.31 Å². The fraction of sp³-hybridized carbons (Fsp3) is 0.167. The van der Waals surface area contributed by atoms with E-state index in [1.54, 1.807) is 54.6 Å². The van der Waals surface area contributed by atoms with Crippen LogP contribution in [0.1, 0.15) is 17.2 Å². The van der Waals surface area contributed by atoms with E-state index < -0.39 is 22.0 Å². The van der Waals surface area contributed by atoms with E-state index >= 15 is 0 Å². The number of hydrogen-bond acceptors (Lipinski definition) is 3. The summed E-state index contributed by atoms with van der Waals surface area (Å²) in [5, 5.41) is 9.45. The van der Waals surface area contributed by atoms with Crippen LogP contribution in [0.15, 0.2) is 71.1 Å². The van der Waals surface area contributed by atoms with E-state index in [9.17, 15) is 18.3 Å². The summed E-state index contributed by atoms with van der Waals surface area (Å²) in [6, 6.07) is 14.5. The van der Waals surface area contributed by atoms with Crippen LogP contribution in [0.4, 0.5) is 0 Å². The van der Waals surface area contributed by atoms with Gasteiger partial charge in [0.25, 0.3) is 0 Å². The first-order chi connectivity index (χ1) is 11.4. The second-order valence-electron chi connectivity index (χ2n) is 5.67. The molecular formula is C18H17NO4S. The van der Waals surface area contributed by atoms with Gasteiger partial charge in [0.05, 0.1) is 16.5 Å². The lowest BCUT2D eigenvalue weighted by atomic mass is 10.0. The predicted molar refractivity (Wildman–Crippen MR) is 90.0 cm³/mol. The van der Waals surface area contributed by atoms with Crippen LogP contribution in [0.2, 0.25) is 0 Å². The summed E-state index contributed by atoms with van der Waals surface area (Å²) in [4.78, 5) is 11.7. The molecule has 24 heavy (non-hydrogen) atoms. The monoisotopic (exact) mass is 343 g/mol. The van der Waals surface area contributed by atoms with Crippen LogP contribution < -0.4 is 0 Å². The minimum Gasteiger partial charge on any atom is -0.478 e. The molecule has 5 nitrogen and oxygen atoms in total. The van der Waals surface area contributed by atoms with Crippen LogP contribution in [0.5, 0.6) is 0 Å². The van der Waals surface area contributed by atoms with E-state index in [1.807, 2.05) is 6.92 Å². The molecule has 124 valence electrons. The molecule has 0 saturated heterocycles. The highest BCUT2D eigenvalue weighted by Gasteiger charge is 2.40. The van der Waals surface area contributed by atoms with Gasteiger partial charge < -0.3 is 5.11 Å². The van der Waals surface area contributed by atoms with Crippen LogP contribution in [0, 0.1) is 6.92 Å². The molecule has 0 aliphatic carbocycles. The Morgan fingerprint density at radius 2 is 1.71 bits per heavy atom. The third-order valence-electron chi connectivity index (χ3n) is 4.06. The summed E-state index contributed by atoms with van der Waals surface area (Å²) in [5.74, 6) is -1.11. The molecule has 6 heteroatoms. The number of carboxylic acid groups (broad SMARTS) is 1. The molecule has 1 heterocycles. The lowest BCUT2D eigenvalue weighted by molar-refractivity contribution is -0.133. The molecule has 0 bridgehead atoms. The summed E-state index contributed by atoms with van der Waals surface area (Å²) in [6.07, 6.45) is 1.46. The van der Waals surface area contributed by atoms with E-state index in [0.29, 0.717) is 5.56 Å². The molecule has 0 spiro atoms. The predicted octanol–water partition coefficient (Wildman–Crippen LogP) is 2.75. The quantitative estimate of drug-likeness (QED) is 0.926. The first-order valence-electron chi connectivity index (χ1n) is 7.48. The van der Waals surface area contributed by atoms with Crippen LogP contribution in [0.25, 0.3) is 0 Å². The second kappa shape index (κ2) is 6.22. The third kappa shape index (κ3) is 2.86. The molecule has 0 amide bonds. The average molecular weight is 343 g/mol. The van der Waals surface area contributed by atoms with Gasteiger partial charge in [-0.1, -0.05) is 54.1 Å². The molecule has 3 rings (SSSR count). The lowest BCUT2D eigenvalue weighted by Crippen LogP contribution is -2.33. The standard InChI is InChI=1S/C18H17NO4S/c1-13-7-9-15(10-8-13)24(22,23)19-12-11-16(18(20)21)17(19)14-5-3-2-4-6-14/h2-11,17H,12H2,1H3,(H,20,21)/t17-/m1/s1. The normalized spacial score (nSPS) is 18.4. The molecule has 0 saturated carbocycles. The Hall–Kier alpha value is -2.44. The Morgan fingerprint density at radius 1 is 1.08 bits per heavy atom.